The third-order valence-electron chi connectivity index (χ3n) is 10.2. The van der Waals surface area contributed by atoms with Crippen molar-refractivity contribution < 1.29 is 0 Å². The lowest BCUT2D eigenvalue weighted by Crippen LogP contribution is -2.28. The van der Waals surface area contributed by atoms with Crippen LogP contribution in [0.1, 0.15) is 43.1 Å². The van der Waals surface area contributed by atoms with Crippen molar-refractivity contribution in [3.05, 3.63) is 201 Å². The van der Waals surface area contributed by atoms with Crippen LogP contribution in [0.25, 0.3) is 33.4 Å². The van der Waals surface area contributed by atoms with Gasteiger partial charge >= 0.3 is 0 Å². The quantitative estimate of drug-likeness (QED) is 0.197. The van der Waals surface area contributed by atoms with Gasteiger partial charge in [-0.15, -0.1) is 11.3 Å². The van der Waals surface area contributed by atoms with E-state index >= 15 is 0 Å². The lowest BCUT2D eigenvalue weighted by atomic mass is 9.71. The number of thiophene rings is 1. The Labute approximate surface area is 255 Å². The first-order valence-corrected chi connectivity index (χ1v) is 15.8. The van der Waals surface area contributed by atoms with Crippen LogP contribution in [0.15, 0.2) is 158 Å². The lowest BCUT2D eigenvalue weighted by molar-refractivity contribution is 0.786. The lowest BCUT2D eigenvalue weighted by Gasteiger charge is -2.33. The average molecular weight is 563 g/mol. The highest BCUT2D eigenvalue weighted by atomic mass is 32.1. The predicted octanol–water partition coefficient (Wildman–Crippen LogP) is 10.5. The molecular formula is C42H26S. The van der Waals surface area contributed by atoms with Crippen LogP contribution in [-0.4, -0.2) is 0 Å². The standard InChI is InChI=1S/C42H26S/c1-2-14-27(15-3-1)41(34-21-9-4-16-28(34)29-17-5-10-22-35(29)41)39-26-33-32-20-8-13-25-38(32)42(40(33)43-39)36-23-11-6-18-30(36)31-19-7-12-24-37(31)42/h1-26H. The molecule has 3 aliphatic rings. The molecule has 1 aromatic heterocycles. The Kier molecular flexibility index (Phi) is 4.56. The zero-order chi connectivity index (χ0) is 28.2. The van der Waals surface area contributed by atoms with Gasteiger partial charge in [0.05, 0.1) is 10.8 Å². The van der Waals surface area contributed by atoms with Gasteiger partial charge in [0.2, 0.25) is 0 Å². The SMILES string of the molecule is c1ccc(C2(c3cc4c(s3)C3(c5ccccc5-c5ccccc53)c3ccccc3-4)c3ccccc3-c3ccccc32)cc1. The number of hydrogen-bond donors (Lipinski definition) is 0. The molecule has 0 N–H and O–H groups in total. The minimum Gasteiger partial charge on any atom is -0.141 e. The van der Waals surface area contributed by atoms with E-state index in [9.17, 15) is 0 Å². The van der Waals surface area contributed by atoms with Crippen LogP contribution in [0.4, 0.5) is 0 Å². The maximum Gasteiger partial charge on any atom is 0.0819 e. The molecule has 6 aromatic carbocycles. The molecule has 0 amide bonds. The summed E-state index contributed by atoms with van der Waals surface area (Å²) < 4.78 is 0. The van der Waals surface area contributed by atoms with Crippen molar-refractivity contribution in [2.45, 2.75) is 10.8 Å². The van der Waals surface area contributed by atoms with Crippen LogP contribution >= 0.6 is 11.3 Å². The third-order valence-corrected chi connectivity index (χ3v) is 11.5. The van der Waals surface area contributed by atoms with Crippen molar-refractivity contribution in [3.63, 3.8) is 0 Å². The maximum absolute atomic E-state index is 2.54. The van der Waals surface area contributed by atoms with Gasteiger partial charge in [0, 0.05) is 9.75 Å². The minimum atomic E-state index is -0.392. The zero-order valence-corrected chi connectivity index (χ0v) is 24.2. The number of rotatable bonds is 2. The van der Waals surface area contributed by atoms with Crippen LogP contribution in [-0.2, 0) is 10.8 Å². The molecule has 43 heavy (non-hydrogen) atoms. The van der Waals surface area contributed by atoms with E-state index in [0.29, 0.717) is 0 Å². The average Bonchev–Trinajstić information content (AvgIpc) is 3.80. The first kappa shape index (κ1) is 23.6. The molecule has 0 saturated carbocycles. The van der Waals surface area contributed by atoms with Gasteiger partial charge in [-0.2, -0.15) is 0 Å². The largest absolute Gasteiger partial charge is 0.141 e. The summed E-state index contributed by atoms with van der Waals surface area (Å²) in [4.78, 5) is 2.83. The normalized spacial score (nSPS) is 15.3. The van der Waals surface area contributed by atoms with Crippen LogP contribution in [0, 0.1) is 0 Å². The Balaban J connectivity index is 1.36. The second-order valence-corrected chi connectivity index (χ2v) is 13.0. The van der Waals surface area contributed by atoms with Crippen LogP contribution in [0.3, 0.4) is 0 Å². The van der Waals surface area contributed by atoms with Gasteiger partial charge in [0.15, 0.2) is 0 Å². The second kappa shape index (κ2) is 8.31. The number of fused-ring (bicyclic) bond motifs is 13. The van der Waals surface area contributed by atoms with Crippen LogP contribution in [0.5, 0.6) is 0 Å². The van der Waals surface area contributed by atoms with Crippen molar-refractivity contribution in [2.75, 3.05) is 0 Å². The second-order valence-electron chi connectivity index (χ2n) is 11.9. The molecule has 3 aliphatic carbocycles. The molecule has 0 unspecified atom stereocenters. The summed E-state index contributed by atoms with van der Waals surface area (Å²) in [5.41, 5.74) is 15.7. The Bertz CT molecular complexity index is 2160. The molecule has 1 spiro atoms. The molecule has 1 heteroatoms. The van der Waals surface area contributed by atoms with Crippen molar-refractivity contribution >= 4 is 11.3 Å². The first-order chi connectivity index (χ1) is 21.3. The van der Waals surface area contributed by atoms with Gasteiger partial charge in [-0.1, -0.05) is 152 Å². The van der Waals surface area contributed by atoms with Crippen LogP contribution in [0.2, 0.25) is 0 Å². The molecule has 0 bridgehead atoms. The molecule has 7 aromatic rings. The fraction of sp³-hybridized carbons (Fsp3) is 0.0476. The van der Waals surface area contributed by atoms with Crippen LogP contribution < -0.4 is 0 Å². The highest BCUT2D eigenvalue weighted by Gasteiger charge is 2.55. The summed E-state index contributed by atoms with van der Waals surface area (Å²) in [5, 5.41) is 0. The van der Waals surface area contributed by atoms with Crippen molar-refractivity contribution in [1.82, 2.24) is 0 Å². The Morgan fingerprint density at radius 2 is 0.674 bits per heavy atom. The summed E-state index contributed by atoms with van der Waals surface area (Å²) in [7, 11) is 0. The molecule has 200 valence electrons. The minimum absolute atomic E-state index is 0.322. The van der Waals surface area contributed by atoms with Gasteiger partial charge in [0.1, 0.15) is 0 Å². The molecule has 0 saturated heterocycles. The monoisotopic (exact) mass is 562 g/mol. The van der Waals surface area contributed by atoms with E-state index in [2.05, 4.69) is 158 Å². The molecule has 0 radical (unpaired) electrons. The molecule has 0 nitrogen and oxygen atoms in total. The number of hydrogen-bond acceptors (Lipinski definition) is 1. The third kappa shape index (κ3) is 2.69. The Hall–Kier alpha value is -4.98. The van der Waals surface area contributed by atoms with E-state index in [1.54, 1.807) is 0 Å². The van der Waals surface area contributed by atoms with E-state index in [1.807, 2.05) is 11.3 Å². The van der Waals surface area contributed by atoms with Gasteiger partial charge in [-0.3, -0.25) is 0 Å². The molecular weight excluding hydrogens is 537 g/mol. The fourth-order valence-electron chi connectivity index (χ4n) is 8.63. The van der Waals surface area contributed by atoms with Gasteiger partial charge < -0.3 is 0 Å². The van der Waals surface area contributed by atoms with Gasteiger partial charge in [-0.05, 0) is 72.8 Å². The van der Waals surface area contributed by atoms with Crippen molar-refractivity contribution in [3.8, 4) is 33.4 Å². The van der Waals surface area contributed by atoms with E-state index in [1.165, 1.54) is 76.5 Å². The van der Waals surface area contributed by atoms with Crippen molar-refractivity contribution in [2.24, 2.45) is 0 Å². The highest BCUT2D eigenvalue weighted by molar-refractivity contribution is 7.13. The first-order valence-electron chi connectivity index (χ1n) is 15.0. The summed E-state index contributed by atoms with van der Waals surface area (Å²) in [5.74, 6) is 0. The molecule has 0 atom stereocenters. The van der Waals surface area contributed by atoms with E-state index < -0.39 is 5.41 Å². The summed E-state index contributed by atoms with van der Waals surface area (Å²) in [6.07, 6.45) is 0. The fourth-order valence-corrected chi connectivity index (χ4v) is 10.3. The van der Waals surface area contributed by atoms with E-state index in [4.69, 9.17) is 0 Å². The van der Waals surface area contributed by atoms with E-state index in [-0.39, 0.29) is 5.41 Å². The van der Waals surface area contributed by atoms with E-state index in [0.717, 1.165) is 0 Å². The van der Waals surface area contributed by atoms with Crippen molar-refractivity contribution in [1.29, 1.82) is 0 Å². The Morgan fingerprint density at radius 3 is 1.12 bits per heavy atom. The molecule has 0 fully saturated rings. The molecule has 1 heterocycles. The van der Waals surface area contributed by atoms with Gasteiger partial charge in [-0.25, -0.2) is 0 Å². The summed E-state index contributed by atoms with van der Waals surface area (Å²) in [6.45, 7) is 0. The number of benzene rings is 6. The maximum atomic E-state index is 2.54. The zero-order valence-electron chi connectivity index (χ0n) is 23.4. The molecule has 10 rings (SSSR count). The highest BCUT2D eigenvalue weighted by Crippen LogP contribution is 2.67. The predicted molar refractivity (Wildman–Crippen MR) is 178 cm³/mol. The Morgan fingerprint density at radius 1 is 0.326 bits per heavy atom. The topological polar surface area (TPSA) is 0 Å². The van der Waals surface area contributed by atoms with Gasteiger partial charge in [0.25, 0.3) is 0 Å². The summed E-state index contributed by atoms with van der Waals surface area (Å²) in [6, 6.07) is 59.2. The summed E-state index contributed by atoms with van der Waals surface area (Å²) >= 11 is 2.02. The molecule has 0 aliphatic heterocycles. The smallest absolute Gasteiger partial charge is 0.0819 e.